The van der Waals surface area contributed by atoms with Crippen molar-refractivity contribution >= 4 is 23.4 Å². The average molecular weight is 341 g/mol. The Hall–Kier alpha value is -1.75. The van der Waals surface area contributed by atoms with Crippen molar-refractivity contribution in [3.8, 4) is 5.75 Å². The van der Waals surface area contributed by atoms with Crippen molar-refractivity contribution in [3.63, 3.8) is 0 Å². The molecule has 1 aromatic carbocycles. The summed E-state index contributed by atoms with van der Waals surface area (Å²) in [5.74, 6) is 0.396. The van der Waals surface area contributed by atoms with Crippen LogP contribution in [-0.4, -0.2) is 41.9 Å². The van der Waals surface area contributed by atoms with Crippen molar-refractivity contribution < 1.29 is 14.3 Å². The zero-order valence-electron chi connectivity index (χ0n) is 14.2. The predicted octanol–water partition coefficient (Wildman–Crippen LogP) is 2.87. The van der Waals surface area contributed by atoms with E-state index in [2.05, 4.69) is 5.32 Å². The largest absolute Gasteiger partial charge is 0.493 e. The normalized spacial score (nSPS) is 11.0. The highest BCUT2D eigenvalue weighted by Crippen LogP contribution is 2.15. The maximum absolute atomic E-state index is 12.2. The summed E-state index contributed by atoms with van der Waals surface area (Å²) in [6.45, 7) is 8.37. The molecule has 2 amide bonds. The number of amides is 2. The lowest BCUT2D eigenvalue weighted by molar-refractivity contribution is -0.136. The topological polar surface area (TPSA) is 58.6 Å². The van der Waals surface area contributed by atoms with E-state index in [9.17, 15) is 9.59 Å². The minimum absolute atomic E-state index is 0.0630. The van der Waals surface area contributed by atoms with Gasteiger partial charge >= 0.3 is 0 Å². The molecule has 1 N–H and O–H groups in total. The van der Waals surface area contributed by atoms with Gasteiger partial charge in [0.1, 0.15) is 5.75 Å². The Labute approximate surface area is 142 Å². The van der Waals surface area contributed by atoms with E-state index in [0.29, 0.717) is 17.3 Å². The molecule has 0 atom stereocenters. The summed E-state index contributed by atoms with van der Waals surface area (Å²) >= 11 is 5.80. The number of carbonyl (C=O) groups is 2. The molecule has 0 aromatic heterocycles. The summed E-state index contributed by atoms with van der Waals surface area (Å²) in [6, 6.07) is 6.96. The molecule has 0 heterocycles. The van der Waals surface area contributed by atoms with Crippen molar-refractivity contribution in [1.29, 1.82) is 0 Å². The summed E-state index contributed by atoms with van der Waals surface area (Å²) in [5.41, 5.74) is -0.308. The van der Waals surface area contributed by atoms with Gasteiger partial charge in [0.2, 0.25) is 11.8 Å². The maximum Gasteiger partial charge on any atom is 0.240 e. The van der Waals surface area contributed by atoms with Gasteiger partial charge in [-0.15, -0.1) is 0 Å². The van der Waals surface area contributed by atoms with Gasteiger partial charge in [-0.3, -0.25) is 9.59 Å². The standard InChI is InChI=1S/C17H25ClN2O3/c1-5-20(12-15(21)19-17(2,3)4)16(22)10-11-23-14-8-6-13(18)7-9-14/h6-9H,5,10-12H2,1-4H3,(H,19,21). The maximum atomic E-state index is 12.2. The minimum Gasteiger partial charge on any atom is -0.493 e. The van der Waals surface area contributed by atoms with Gasteiger partial charge in [-0.2, -0.15) is 0 Å². The number of carbonyl (C=O) groups excluding carboxylic acids is 2. The Kier molecular flexibility index (Phi) is 7.36. The highest BCUT2D eigenvalue weighted by molar-refractivity contribution is 6.30. The fraction of sp³-hybridized carbons (Fsp3) is 0.529. The monoisotopic (exact) mass is 340 g/mol. The molecule has 5 nitrogen and oxygen atoms in total. The quantitative estimate of drug-likeness (QED) is 0.830. The lowest BCUT2D eigenvalue weighted by Gasteiger charge is -2.25. The molecule has 0 radical (unpaired) electrons. The first-order valence-electron chi connectivity index (χ1n) is 7.68. The van der Waals surface area contributed by atoms with Gasteiger partial charge in [0.05, 0.1) is 19.6 Å². The molecule has 0 aliphatic heterocycles. The first-order valence-corrected chi connectivity index (χ1v) is 8.06. The van der Waals surface area contributed by atoms with Crippen LogP contribution in [0.5, 0.6) is 5.75 Å². The predicted molar refractivity (Wildman–Crippen MR) is 91.7 cm³/mol. The molecule has 0 aliphatic carbocycles. The molecule has 128 valence electrons. The van der Waals surface area contributed by atoms with E-state index in [4.69, 9.17) is 16.3 Å². The van der Waals surface area contributed by atoms with Crippen LogP contribution in [-0.2, 0) is 9.59 Å². The van der Waals surface area contributed by atoms with E-state index in [0.717, 1.165) is 0 Å². The summed E-state index contributed by atoms with van der Waals surface area (Å²) in [7, 11) is 0. The van der Waals surface area contributed by atoms with Crippen LogP contribution in [0.3, 0.4) is 0 Å². The van der Waals surface area contributed by atoms with Gasteiger partial charge in [0.15, 0.2) is 0 Å². The number of ether oxygens (including phenoxy) is 1. The second-order valence-electron chi connectivity index (χ2n) is 6.26. The molecule has 0 aliphatic rings. The molecule has 0 fully saturated rings. The van der Waals surface area contributed by atoms with Crippen LogP contribution in [0.15, 0.2) is 24.3 Å². The van der Waals surface area contributed by atoms with Gasteiger partial charge in [-0.1, -0.05) is 11.6 Å². The fourth-order valence-electron chi connectivity index (χ4n) is 1.95. The van der Waals surface area contributed by atoms with Gasteiger partial charge in [0, 0.05) is 17.1 Å². The van der Waals surface area contributed by atoms with E-state index < -0.39 is 0 Å². The van der Waals surface area contributed by atoms with Gasteiger partial charge in [0.25, 0.3) is 0 Å². The molecule has 0 saturated carbocycles. The van der Waals surface area contributed by atoms with Crippen molar-refractivity contribution in [2.24, 2.45) is 0 Å². The molecular weight excluding hydrogens is 316 g/mol. The Bertz CT molecular complexity index is 524. The molecular formula is C17H25ClN2O3. The van der Waals surface area contributed by atoms with Crippen molar-refractivity contribution in [2.75, 3.05) is 19.7 Å². The average Bonchev–Trinajstić information content (AvgIpc) is 2.44. The molecule has 0 bridgehead atoms. The SMILES string of the molecule is CCN(CC(=O)NC(C)(C)C)C(=O)CCOc1ccc(Cl)cc1. The third-order valence-electron chi connectivity index (χ3n) is 2.98. The van der Waals surface area contributed by atoms with Crippen LogP contribution in [0.1, 0.15) is 34.1 Å². The van der Waals surface area contributed by atoms with Crippen molar-refractivity contribution in [1.82, 2.24) is 10.2 Å². The first-order chi connectivity index (χ1) is 10.7. The summed E-state index contributed by atoms with van der Waals surface area (Å²) in [6.07, 6.45) is 0.221. The first kappa shape index (κ1) is 19.3. The van der Waals surface area contributed by atoms with Gasteiger partial charge in [-0.25, -0.2) is 0 Å². The number of halogens is 1. The molecule has 1 rings (SSSR count). The van der Waals surface area contributed by atoms with Crippen molar-refractivity contribution in [2.45, 2.75) is 39.7 Å². The minimum atomic E-state index is -0.308. The zero-order valence-corrected chi connectivity index (χ0v) is 14.9. The Morgan fingerprint density at radius 2 is 1.83 bits per heavy atom. The number of likely N-dealkylation sites (N-methyl/N-ethyl adjacent to an activating group) is 1. The number of hydrogen-bond donors (Lipinski definition) is 1. The zero-order chi connectivity index (χ0) is 17.5. The molecule has 0 saturated heterocycles. The number of rotatable bonds is 7. The second-order valence-corrected chi connectivity index (χ2v) is 6.69. The number of hydrogen-bond acceptors (Lipinski definition) is 3. The van der Waals surface area contributed by atoms with Crippen LogP contribution in [0, 0.1) is 0 Å². The van der Waals surface area contributed by atoms with Crippen LogP contribution in [0.2, 0.25) is 5.02 Å². The van der Waals surface area contributed by atoms with E-state index in [1.54, 1.807) is 24.3 Å². The lowest BCUT2D eigenvalue weighted by atomic mass is 10.1. The smallest absolute Gasteiger partial charge is 0.240 e. The van der Waals surface area contributed by atoms with E-state index >= 15 is 0 Å². The summed E-state index contributed by atoms with van der Waals surface area (Å²) < 4.78 is 5.51. The van der Waals surface area contributed by atoms with Crippen LogP contribution >= 0.6 is 11.6 Å². The number of benzene rings is 1. The fourth-order valence-corrected chi connectivity index (χ4v) is 2.08. The van der Waals surface area contributed by atoms with Crippen LogP contribution in [0.4, 0.5) is 0 Å². The van der Waals surface area contributed by atoms with E-state index in [1.165, 1.54) is 4.90 Å². The highest BCUT2D eigenvalue weighted by Gasteiger charge is 2.19. The second kappa shape index (κ2) is 8.77. The summed E-state index contributed by atoms with van der Waals surface area (Å²) in [5, 5.41) is 3.48. The number of nitrogens with zero attached hydrogens (tertiary/aromatic N) is 1. The van der Waals surface area contributed by atoms with Crippen molar-refractivity contribution in [3.05, 3.63) is 29.3 Å². The lowest BCUT2D eigenvalue weighted by Crippen LogP contribution is -2.47. The van der Waals surface area contributed by atoms with Crippen LogP contribution in [0.25, 0.3) is 0 Å². The number of nitrogens with one attached hydrogen (secondary N) is 1. The third-order valence-corrected chi connectivity index (χ3v) is 3.23. The molecule has 0 spiro atoms. The Morgan fingerprint density at radius 1 is 1.22 bits per heavy atom. The van der Waals surface area contributed by atoms with E-state index in [-0.39, 0.29) is 36.9 Å². The van der Waals surface area contributed by atoms with E-state index in [1.807, 2.05) is 27.7 Å². The highest BCUT2D eigenvalue weighted by atomic mass is 35.5. The van der Waals surface area contributed by atoms with Gasteiger partial charge in [-0.05, 0) is 52.0 Å². The third kappa shape index (κ3) is 7.88. The molecule has 6 heteroatoms. The Morgan fingerprint density at radius 3 is 2.35 bits per heavy atom. The van der Waals surface area contributed by atoms with Gasteiger partial charge < -0.3 is 15.0 Å². The summed E-state index contributed by atoms with van der Waals surface area (Å²) in [4.78, 5) is 25.6. The molecule has 23 heavy (non-hydrogen) atoms. The van der Waals surface area contributed by atoms with Crippen LogP contribution < -0.4 is 10.1 Å². The molecule has 0 unspecified atom stereocenters. The molecule has 1 aromatic rings. The Balaban J connectivity index is 2.41.